The molecular weight excluding hydrogens is 449 g/mol. The van der Waals surface area contributed by atoms with Gasteiger partial charge in [0, 0.05) is 31.1 Å². The lowest BCUT2D eigenvalue weighted by Crippen LogP contribution is -2.42. The molecule has 10 heteroatoms. The van der Waals surface area contributed by atoms with Gasteiger partial charge in [-0.05, 0) is 54.8 Å². The highest BCUT2D eigenvalue weighted by atomic mass is 35.5. The standard InChI is InChI=1S/C20H21Cl2N3O4S/c21-17-6-1-13(11-18(17)22)12-24-19(26)14-7-9-25(10-8-14)20(27)15-2-4-16(5-3-15)30(23,28)29/h1-6,11,14H,7-10,12H2,(H,24,26)(H2,23,28,29). The van der Waals surface area contributed by atoms with Gasteiger partial charge in [-0.1, -0.05) is 29.3 Å². The normalized spacial score (nSPS) is 15.1. The van der Waals surface area contributed by atoms with Gasteiger partial charge in [0.05, 0.1) is 14.9 Å². The van der Waals surface area contributed by atoms with Crippen LogP contribution < -0.4 is 10.5 Å². The summed E-state index contributed by atoms with van der Waals surface area (Å²) < 4.78 is 22.6. The molecule has 1 aliphatic rings. The third-order valence-electron chi connectivity index (χ3n) is 5.03. The molecule has 3 rings (SSSR count). The van der Waals surface area contributed by atoms with Crippen molar-refractivity contribution in [3.63, 3.8) is 0 Å². The number of primary sulfonamides is 1. The predicted molar refractivity (Wildman–Crippen MR) is 115 cm³/mol. The van der Waals surface area contributed by atoms with Crippen molar-refractivity contribution < 1.29 is 18.0 Å². The summed E-state index contributed by atoms with van der Waals surface area (Å²) in [4.78, 5) is 26.7. The Morgan fingerprint density at radius 1 is 1.03 bits per heavy atom. The van der Waals surface area contributed by atoms with Crippen LogP contribution in [0.4, 0.5) is 0 Å². The maximum absolute atomic E-state index is 12.6. The Morgan fingerprint density at radius 2 is 1.67 bits per heavy atom. The second-order valence-corrected chi connectivity index (χ2v) is 9.48. The second-order valence-electron chi connectivity index (χ2n) is 7.10. The van der Waals surface area contributed by atoms with Crippen molar-refractivity contribution in [3.05, 3.63) is 63.6 Å². The van der Waals surface area contributed by atoms with Crippen LogP contribution >= 0.6 is 23.2 Å². The molecule has 3 N–H and O–H groups in total. The lowest BCUT2D eigenvalue weighted by Gasteiger charge is -2.31. The first-order valence-electron chi connectivity index (χ1n) is 9.29. The average Bonchev–Trinajstić information content (AvgIpc) is 2.73. The Bertz CT molecular complexity index is 1050. The summed E-state index contributed by atoms with van der Waals surface area (Å²) in [6, 6.07) is 10.7. The molecule has 0 aromatic heterocycles. The molecule has 1 saturated heterocycles. The van der Waals surface area contributed by atoms with E-state index >= 15 is 0 Å². The summed E-state index contributed by atoms with van der Waals surface area (Å²) >= 11 is 11.9. The highest BCUT2D eigenvalue weighted by Crippen LogP contribution is 2.23. The zero-order chi connectivity index (χ0) is 21.9. The number of piperidine rings is 1. The zero-order valence-electron chi connectivity index (χ0n) is 16.0. The van der Waals surface area contributed by atoms with E-state index in [2.05, 4.69) is 5.32 Å². The van der Waals surface area contributed by atoms with E-state index in [0.29, 0.717) is 48.1 Å². The van der Waals surface area contributed by atoms with E-state index in [-0.39, 0.29) is 22.6 Å². The fourth-order valence-corrected chi connectivity index (χ4v) is 4.13. The first-order valence-corrected chi connectivity index (χ1v) is 11.6. The first-order chi connectivity index (χ1) is 14.1. The number of sulfonamides is 1. The smallest absolute Gasteiger partial charge is 0.253 e. The maximum atomic E-state index is 12.6. The maximum Gasteiger partial charge on any atom is 0.253 e. The fraction of sp³-hybridized carbons (Fsp3) is 0.300. The summed E-state index contributed by atoms with van der Waals surface area (Å²) in [5, 5.41) is 8.87. The van der Waals surface area contributed by atoms with Crippen LogP contribution in [0.15, 0.2) is 47.4 Å². The average molecular weight is 470 g/mol. The second kappa shape index (κ2) is 9.34. The number of nitrogens with two attached hydrogens (primary N) is 1. The summed E-state index contributed by atoms with van der Waals surface area (Å²) in [5.74, 6) is -0.446. The molecule has 30 heavy (non-hydrogen) atoms. The number of amides is 2. The van der Waals surface area contributed by atoms with Crippen LogP contribution in [0, 0.1) is 5.92 Å². The van der Waals surface area contributed by atoms with E-state index in [1.807, 2.05) is 0 Å². The number of halogens is 2. The molecule has 1 fully saturated rings. The van der Waals surface area contributed by atoms with E-state index in [1.54, 1.807) is 23.1 Å². The molecule has 0 unspecified atom stereocenters. The van der Waals surface area contributed by atoms with Crippen LogP contribution in [-0.2, 0) is 21.4 Å². The molecule has 2 aromatic rings. The van der Waals surface area contributed by atoms with Crippen LogP contribution in [-0.4, -0.2) is 38.2 Å². The zero-order valence-corrected chi connectivity index (χ0v) is 18.3. The van der Waals surface area contributed by atoms with Gasteiger partial charge in [-0.2, -0.15) is 0 Å². The highest BCUT2D eigenvalue weighted by Gasteiger charge is 2.27. The van der Waals surface area contributed by atoms with E-state index in [1.165, 1.54) is 24.3 Å². The molecule has 0 radical (unpaired) electrons. The van der Waals surface area contributed by atoms with E-state index < -0.39 is 10.0 Å². The molecule has 2 aromatic carbocycles. The summed E-state index contributed by atoms with van der Waals surface area (Å²) in [5.41, 5.74) is 1.23. The van der Waals surface area contributed by atoms with E-state index in [0.717, 1.165) is 5.56 Å². The molecule has 1 aliphatic heterocycles. The van der Waals surface area contributed by atoms with E-state index in [9.17, 15) is 18.0 Å². The first kappa shape index (κ1) is 22.6. The van der Waals surface area contributed by atoms with Crippen molar-refractivity contribution in [1.29, 1.82) is 0 Å². The monoisotopic (exact) mass is 469 g/mol. The Labute approximate surface area is 185 Å². The minimum absolute atomic E-state index is 0.0450. The summed E-state index contributed by atoms with van der Waals surface area (Å²) in [6.45, 7) is 1.24. The van der Waals surface area contributed by atoms with Gasteiger partial charge in [0.1, 0.15) is 0 Å². The summed E-state index contributed by atoms with van der Waals surface area (Å²) in [6.07, 6.45) is 1.10. The summed E-state index contributed by atoms with van der Waals surface area (Å²) in [7, 11) is -3.80. The van der Waals surface area contributed by atoms with Crippen molar-refractivity contribution in [1.82, 2.24) is 10.2 Å². The number of nitrogens with zero attached hydrogens (tertiary/aromatic N) is 1. The van der Waals surface area contributed by atoms with Gasteiger partial charge in [-0.25, -0.2) is 13.6 Å². The molecule has 160 valence electrons. The third kappa shape index (κ3) is 5.51. The van der Waals surface area contributed by atoms with Crippen LogP contribution in [0.5, 0.6) is 0 Å². The number of benzene rings is 2. The number of carbonyl (C=O) groups excluding carboxylic acids is 2. The van der Waals surface area contributed by atoms with E-state index in [4.69, 9.17) is 28.3 Å². The third-order valence-corrected chi connectivity index (χ3v) is 6.70. The van der Waals surface area contributed by atoms with Crippen LogP contribution in [0.1, 0.15) is 28.8 Å². The van der Waals surface area contributed by atoms with Gasteiger partial charge in [-0.3, -0.25) is 9.59 Å². The minimum Gasteiger partial charge on any atom is -0.352 e. The van der Waals surface area contributed by atoms with Gasteiger partial charge >= 0.3 is 0 Å². The predicted octanol–water partition coefficient (Wildman–Crippen LogP) is 2.81. The topological polar surface area (TPSA) is 110 Å². The molecule has 0 spiro atoms. The van der Waals surface area contributed by atoms with Crippen LogP contribution in [0.2, 0.25) is 10.0 Å². The Morgan fingerprint density at radius 3 is 2.23 bits per heavy atom. The van der Waals surface area contributed by atoms with Crippen LogP contribution in [0.25, 0.3) is 0 Å². The lowest BCUT2D eigenvalue weighted by molar-refractivity contribution is -0.126. The number of hydrogen-bond acceptors (Lipinski definition) is 4. The van der Waals surface area contributed by atoms with Gasteiger partial charge < -0.3 is 10.2 Å². The van der Waals surface area contributed by atoms with Gasteiger partial charge in [0.2, 0.25) is 15.9 Å². The quantitative estimate of drug-likeness (QED) is 0.700. The largest absolute Gasteiger partial charge is 0.352 e. The highest BCUT2D eigenvalue weighted by molar-refractivity contribution is 7.89. The Kier molecular flexibility index (Phi) is 7.02. The van der Waals surface area contributed by atoms with Crippen molar-refractivity contribution in [2.24, 2.45) is 11.1 Å². The number of hydrogen-bond donors (Lipinski definition) is 2. The van der Waals surface area contributed by atoms with Gasteiger partial charge in [0.25, 0.3) is 5.91 Å². The van der Waals surface area contributed by atoms with Crippen molar-refractivity contribution in [2.75, 3.05) is 13.1 Å². The van der Waals surface area contributed by atoms with Crippen molar-refractivity contribution >= 4 is 45.0 Å². The Hall–Kier alpha value is -2.13. The number of rotatable bonds is 5. The molecule has 7 nitrogen and oxygen atoms in total. The molecule has 0 saturated carbocycles. The van der Waals surface area contributed by atoms with Gasteiger partial charge in [0.15, 0.2) is 0 Å². The van der Waals surface area contributed by atoms with Crippen LogP contribution in [0.3, 0.4) is 0 Å². The Balaban J connectivity index is 1.51. The molecule has 2 amide bonds. The minimum atomic E-state index is -3.80. The van der Waals surface area contributed by atoms with Crippen molar-refractivity contribution in [2.45, 2.75) is 24.3 Å². The van der Waals surface area contributed by atoms with Crippen molar-refractivity contribution in [3.8, 4) is 0 Å². The molecule has 0 bridgehead atoms. The molecule has 0 aliphatic carbocycles. The number of carbonyl (C=O) groups is 2. The molecule has 1 heterocycles. The number of nitrogens with one attached hydrogen (secondary N) is 1. The molecule has 0 atom stereocenters. The molecular formula is C20H21Cl2N3O4S. The number of likely N-dealkylation sites (tertiary alicyclic amines) is 1. The SMILES string of the molecule is NS(=O)(=O)c1ccc(C(=O)N2CCC(C(=O)NCc3ccc(Cl)c(Cl)c3)CC2)cc1. The lowest BCUT2D eigenvalue weighted by atomic mass is 9.95. The van der Waals surface area contributed by atoms with Gasteiger partial charge in [-0.15, -0.1) is 0 Å². The fourth-order valence-electron chi connectivity index (χ4n) is 3.30.